The van der Waals surface area contributed by atoms with Crippen LogP contribution in [0.15, 0.2) is 0 Å². The first kappa shape index (κ1) is 15.7. The fraction of sp³-hybridized carbons (Fsp3) is 0.933. The van der Waals surface area contributed by atoms with E-state index in [0.717, 1.165) is 51.7 Å². The molecule has 2 rings (SSSR count). The molecule has 20 heavy (non-hydrogen) atoms. The minimum Gasteiger partial charge on any atom is -0.468 e. The molecule has 0 aromatic rings. The molecule has 1 aliphatic heterocycles. The Morgan fingerprint density at radius 1 is 1.30 bits per heavy atom. The van der Waals surface area contributed by atoms with Crippen LogP contribution in [0.5, 0.6) is 0 Å². The van der Waals surface area contributed by atoms with E-state index >= 15 is 0 Å². The number of ether oxygens (including phenoxy) is 2. The molecule has 0 spiro atoms. The van der Waals surface area contributed by atoms with Crippen LogP contribution >= 0.6 is 0 Å². The lowest BCUT2D eigenvalue weighted by molar-refractivity contribution is -0.148. The van der Waals surface area contributed by atoms with Gasteiger partial charge in [-0.2, -0.15) is 0 Å². The van der Waals surface area contributed by atoms with E-state index in [-0.39, 0.29) is 5.97 Å². The van der Waals surface area contributed by atoms with Crippen LogP contribution in [0.4, 0.5) is 0 Å². The first-order chi connectivity index (χ1) is 9.65. The fourth-order valence-corrected chi connectivity index (χ4v) is 3.76. The van der Waals surface area contributed by atoms with Gasteiger partial charge in [0.1, 0.15) is 5.54 Å². The second-order valence-corrected chi connectivity index (χ2v) is 5.97. The van der Waals surface area contributed by atoms with Crippen LogP contribution in [0, 0.1) is 0 Å². The van der Waals surface area contributed by atoms with E-state index in [1.165, 1.54) is 7.11 Å². The summed E-state index contributed by atoms with van der Waals surface area (Å²) in [4.78, 5) is 14.7. The van der Waals surface area contributed by atoms with Gasteiger partial charge >= 0.3 is 5.97 Å². The molecule has 1 N–H and O–H groups in total. The number of hydrogen-bond donors (Lipinski definition) is 1. The van der Waals surface area contributed by atoms with Gasteiger partial charge in [-0.25, -0.2) is 0 Å². The molecular formula is C15H28N2O3. The Morgan fingerprint density at radius 3 is 2.55 bits per heavy atom. The topological polar surface area (TPSA) is 50.8 Å². The van der Waals surface area contributed by atoms with Gasteiger partial charge in [-0.3, -0.25) is 4.79 Å². The molecule has 116 valence electrons. The maximum atomic E-state index is 12.1. The van der Waals surface area contributed by atoms with Crippen molar-refractivity contribution in [1.29, 1.82) is 0 Å². The number of likely N-dealkylation sites (N-methyl/N-ethyl adjacent to an activating group) is 1. The van der Waals surface area contributed by atoms with Crippen molar-refractivity contribution in [2.24, 2.45) is 0 Å². The highest BCUT2D eigenvalue weighted by Crippen LogP contribution is 2.35. The van der Waals surface area contributed by atoms with Crippen molar-refractivity contribution in [1.82, 2.24) is 10.2 Å². The number of nitrogens with zero attached hydrogens (tertiary/aromatic N) is 1. The number of likely N-dealkylation sites (tertiary alicyclic amines) is 1. The van der Waals surface area contributed by atoms with Crippen molar-refractivity contribution >= 4 is 5.97 Å². The highest BCUT2D eigenvalue weighted by atomic mass is 16.5. The van der Waals surface area contributed by atoms with E-state index < -0.39 is 5.54 Å². The molecule has 1 saturated heterocycles. The van der Waals surface area contributed by atoms with E-state index in [9.17, 15) is 4.79 Å². The number of piperidine rings is 1. The van der Waals surface area contributed by atoms with Crippen LogP contribution in [0.1, 0.15) is 39.0 Å². The summed E-state index contributed by atoms with van der Waals surface area (Å²) in [5, 5.41) is 3.37. The van der Waals surface area contributed by atoms with E-state index in [2.05, 4.69) is 10.2 Å². The number of carbonyl (C=O) groups excluding carboxylic acids is 1. The third-order valence-corrected chi connectivity index (χ3v) is 4.91. The molecular weight excluding hydrogens is 256 g/mol. The van der Waals surface area contributed by atoms with Crippen molar-refractivity contribution in [2.75, 3.05) is 33.9 Å². The first-order valence-electron chi connectivity index (χ1n) is 7.75. The monoisotopic (exact) mass is 284 g/mol. The molecule has 1 aliphatic carbocycles. The molecule has 0 radical (unpaired) electrons. The molecule has 2 atom stereocenters. The van der Waals surface area contributed by atoms with Crippen LogP contribution in [0.2, 0.25) is 0 Å². The SMILES string of the molecule is CCNC1(C(=O)OC)CCC(N2CCC(OC)CC2)C1. The molecule has 0 bridgehead atoms. The quantitative estimate of drug-likeness (QED) is 0.768. The van der Waals surface area contributed by atoms with Crippen LogP contribution < -0.4 is 5.32 Å². The summed E-state index contributed by atoms with van der Waals surface area (Å²) in [6.07, 6.45) is 5.42. The molecule has 2 fully saturated rings. The number of rotatable bonds is 5. The summed E-state index contributed by atoms with van der Waals surface area (Å²) < 4.78 is 10.4. The maximum Gasteiger partial charge on any atom is 0.326 e. The molecule has 1 heterocycles. The molecule has 1 saturated carbocycles. The molecule has 2 unspecified atom stereocenters. The third-order valence-electron chi connectivity index (χ3n) is 4.91. The Hall–Kier alpha value is -0.650. The van der Waals surface area contributed by atoms with Crippen molar-refractivity contribution in [3.8, 4) is 0 Å². The second kappa shape index (κ2) is 6.87. The average Bonchev–Trinajstić information content (AvgIpc) is 2.92. The lowest BCUT2D eigenvalue weighted by Crippen LogP contribution is -2.52. The summed E-state index contributed by atoms with van der Waals surface area (Å²) in [5.74, 6) is -0.103. The number of esters is 1. The van der Waals surface area contributed by atoms with Gasteiger partial charge in [0.25, 0.3) is 0 Å². The van der Waals surface area contributed by atoms with Gasteiger partial charge in [0.05, 0.1) is 13.2 Å². The number of hydrogen-bond acceptors (Lipinski definition) is 5. The molecule has 2 aliphatic rings. The van der Waals surface area contributed by atoms with Crippen LogP contribution in [-0.2, 0) is 14.3 Å². The molecule has 0 aromatic heterocycles. The molecule has 0 aromatic carbocycles. The van der Waals surface area contributed by atoms with E-state index in [0.29, 0.717) is 12.1 Å². The van der Waals surface area contributed by atoms with E-state index in [1.54, 1.807) is 7.11 Å². The lowest BCUT2D eigenvalue weighted by atomic mass is 9.96. The summed E-state index contributed by atoms with van der Waals surface area (Å²) in [5.41, 5.74) is -0.466. The number of methoxy groups -OCH3 is 2. The van der Waals surface area contributed by atoms with Gasteiger partial charge in [0.2, 0.25) is 0 Å². The Labute approximate surface area is 122 Å². The average molecular weight is 284 g/mol. The second-order valence-electron chi connectivity index (χ2n) is 5.97. The summed E-state index contributed by atoms with van der Waals surface area (Å²) in [6, 6.07) is 0.492. The zero-order valence-electron chi connectivity index (χ0n) is 13.0. The summed E-state index contributed by atoms with van der Waals surface area (Å²) in [7, 11) is 3.28. The standard InChI is InChI=1S/C15H28N2O3/c1-4-16-15(14(18)20-3)8-5-12(11-15)17-9-6-13(19-2)7-10-17/h12-13,16H,4-11H2,1-3H3. The largest absolute Gasteiger partial charge is 0.468 e. The zero-order valence-corrected chi connectivity index (χ0v) is 13.0. The fourth-order valence-electron chi connectivity index (χ4n) is 3.76. The Kier molecular flexibility index (Phi) is 5.41. The minimum absolute atomic E-state index is 0.103. The van der Waals surface area contributed by atoms with Gasteiger partial charge in [-0.05, 0) is 38.6 Å². The smallest absolute Gasteiger partial charge is 0.326 e. The number of carbonyl (C=O) groups is 1. The van der Waals surface area contributed by atoms with Crippen molar-refractivity contribution in [3.05, 3.63) is 0 Å². The predicted molar refractivity (Wildman–Crippen MR) is 77.7 cm³/mol. The van der Waals surface area contributed by atoms with Gasteiger partial charge in [-0.15, -0.1) is 0 Å². The van der Waals surface area contributed by atoms with E-state index in [1.807, 2.05) is 6.92 Å². The van der Waals surface area contributed by atoms with Crippen molar-refractivity contribution in [2.45, 2.75) is 56.7 Å². The van der Waals surface area contributed by atoms with Crippen molar-refractivity contribution in [3.63, 3.8) is 0 Å². The third kappa shape index (κ3) is 3.15. The van der Waals surface area contributed by atoms with Gasteiger partial charge in [-0.1, -0.05) is 6.92 Å². The Balaban J connectivity index is 1.95. The maximum absolute atomic E-state index is 12.1. The summed E-state index contributed by atoms with van der Waals surface area (Å²) >= 11 is 0. The predicted octanol–water partition coefficient (Wildman–Crippen LogP) is 1.17. The van der Waals surface area contributed by atoms with Crippen LogP contribution in [0.3, 0.4) is 0 Å². The first-order valence-corrected chi connectivity index (χ1v) is 7.75. The molecule has 0 amide bonds. The van der Waals surface area contributed by atoms with Gasteiger partial charge < -0.3 is 19.7 Å². The number of nitrogens with one attached hydrogen (secondary N) is 1. The van der Waals surface area contributed by atoms with Gasteiger partial charge in [0.15, 0.2) is 0 Å². The van der Waals surface area contributed by atoms with Gasteiger partial charge in [0, 0.05) is 26.2 Å². The Bertz CT molecular complexity index is 329. The van der Waals surface area contributed by atoms with Crippen LogP contribution in [0.25, 0.3) is 0 Å². The van der Waals surface area contributed by atoms with E-state index in [4.69, 9.17) is 9.47 Å². The highest BCUT2D eigenvalue weighted by Gasteiger charge is 2.47. The zero-order chi connectivity index (χ0) is 14.6. The molecule has 5 nitrogen and oxygen atoms in total. The lowest BCUT2D eigenvalue weighted by Gasteiger charge is -2.36. The molecule has 5 heteroatoms. The van der Waals surface area contributed by atoms with Crippen LogP contribution in [-0.4, -0.2) is 62.4 Å². The Morgan fingerprint density at radius 2 is 2.00 bits per heavy atom. The normalized spacial score (nSPS) is 32.5. The van der Waals surface area contributed by atoms with Crippen molar-refractivity contribution < 1.29 is 14.3 Å². The minimum atomic E-state index is -0.466. The highest BCUT2D eigenvalue weighted by molar-refractivity contribution is 5.81. The summed E-state index contributed by atoms with van der Waals surface area (Å²) in [6.45, 7) is 4.99.